The number of aromatic nitrogens is 5. The summed E-state index contributed by atoms with van der Waals surface area (Å²) in [4.78, 5) is 8.06. The number of hydrogen-bond donors (Lipinski definition) is 1. The Balaban J connectivity index is 0.000000980. The van der Waals surface area contributed by atoms with Gasteiger partial charge in [0.25, 0.3) is 0 Å². The third kappa shape index (κ3) is 1.80. The first kappa shape index (κ1) is 10.8. The van der Waals surface area contributed by atoms with Gasteiger partial charge in [0.1, 0.15) is 5.69 Å². The Kier molecular flexibility index (Phi) is 3.32. The number of rotatable bonds is 1. The molecular formula is C7H8ClN5S. The Labute approximate surface area is 91.6 Å². The van der Waals surface area contributed by atoms with Crippen LogP contribution in [0.15, 0.2) is 18.6 Å². The Morgan fingerprint density at radius 2 is 2.21 bits per heavy atom. The molecule has 14 heavy (non-hydrogen) atoms. The van der Waals surface area contributed by atoms with Crippen LogP contribution in [-0.4, -0.2) is 24.7 Å². The molecule has 7 heteroatoms. The first-order valence-electron chi connectivity index (χ1n) is 3.67. The minimum atomic E-state index is 0. The van der Waals surface area contributed by atoms with Crippen molar-refractivity contribution in [2.24, 2.45) is 7.05 Å². The van der Waals surface area contributed by atoms with E-state index in [1.54, 1.807) is 23.2 Å². The molecule has 0 radical (unpaired) electrons. The lowest BCUT2D eigenvalue weighted by Gasteiger charge is -1.96. The lowest BCUT2D eigenvalue weighted by Crippen LogP contribution is -1.94. The highest BCUT2D eigenvalue weighted by molar-refractivity contribution is 7.71. The largest absolute Gasteiger partial charge is 0.302 e. The fraction of sp³-hybridized carbons (Fsp3) is 0.143. The van der Waals surface area contributed by atoms with Crippen LogP contribution in [-0.2, 0) is 7.05 Å². The maximum atomic E-state index is 4.97. The van der Waals surface area contributed by atoms with Crippen LogP contribution < -0.4 is 0 Å². The predicted octanol–water partition coefficient (Wildman–Crippen LogP) is 1.36. The average molecular weight is 230 g/mol. The third-order valence-corrected chi connectivity index (χ3v) is 2.04. The van der Waals surface area contributed by atoms with E-state index in [1.165, 1.54) is 0 Å². The van der Waals surface area contributed by atoms with Crippen LogP contribution in [0.5, 0.6) is 0 Å². The normalized spacial score (nSPS) is 9.50. The van der Waals surface area contributed by atoms with Crippen LogP contribution in [0.25, 0.3) is 11.5 Å². The molecular weight excluding hydrogens is 222 g/mol. The molecule has 0 amide bonds. The summed E-state index contributed by atoms with van der Waals surface area (Å²) in [6, 6.07) is 0. The van der Waals surface area contributed by atoms with E-state index in [2.05, 4.69) is 20.2 Å². The summed E-state index contributed by atoms with van der Waals surface area (Å²) in [5, 5.41) is 6.71. The van der Waals surface area contributed by atoms with Crippen molar-refractivity contribution in [1.82, 2.24) is 24.7 Å². The van der Waals surface area contributed by atoms with E-state index in [0.29, 0.717) is 16.3 Å². The van der Waals surface area contributed by atoms with Gasteiger partial charge in [-0.3, -0.25) is 10.1 Å². The first-order chi connectivity index (χ1) is 6.29. The molecule has 0 bridgehead atoms. The van der Waals surface area contributed by atoms with Gasteiger partial charge in [0.05, 0.1) is 6.20 Å². The van der Waals surface area contributed by atoms with E-state index in [4.69, 9.17) is 12.2 Å². The lowest BCUT2D eigenvalue weighted by molar-refractivity contribution is 0.895. The molecule has 1 N–H and O–H groups in total. The van der Waals surface area contributed by atoms with Gasteiger partial charge in [0, 0.05) is 19.4 Å². The molecule has 0 atom stereocenters. The van der Waals surface area contributed by atoms with E-state index >= 15 is 0 Å². The minimum Gasteiger partial charge on any atom is -0.302 e. The smallest absolute Gasteiger partial charge is 0.195 e. The zero-order valence-corrected chi connectivity index (χ0v) is 8.97. The Bertz CT molecular complexity index is 462. The number of hydrogen-bond acceptors (Lipinski definition) is 4. The zero-order chi connectivity index (χ0) is 9.26. The van der Waals surface area contributed by atoms with Gasteiger partial charge >= 0.3 is 0 Å². The molecule has 74 valence electrons. The van der Waals surface area contributed by atoms with Crippen molar-refractivity contribution in [3.05, 3.63) is 23.4 Å². The highest BCUT2D eigenvalue weighted by atomic mass is 35.5. The molecule has 0 unspecified atom stereocenters. The van der Waals surface area contributed by atoms with Gasteiger partial charge in [0.2, 0.25) is 0 Å². The molecule has 2 heterocycles. The summed E-state index contributed by atoms with van der Waals surface area (Å²) in [6.07, 6.45) is 4.88. The zero-order valence-electron chi connectivity index (χ0n) is 7.34. The SMILES string of the molecule is Cl.Cn1c(-c2cnccn2)n[nH]c1=S. The fourth-order valence-corrected chi connectivity index (χ4v) is 1.12. The summed E-state index contributed by atoms with van der Waals surface area (Å²) < 4.78 is 2.32. The molecule has 2 rings (SSSR count). The highest BCUT2D eigenvalue weighted by Gasteiger charge is 2.05. The van der Waals surface area contributed by atoms with Crippen LogP contribution >= 0.6 is 24.6 Å². The molecule has 0 aliphatic heterocycles. The molecule has 2 aromatic heterocycles. The molecule has 0 aliphatic carbocycles. The van der Waals surface area contributed by atoms with Gasteiger partial charge in [-0.1, -0.05) is 0 Å². The highest BCUT2D eigenvalue weighted by Crippen LogP contribution is 2.10. The van der Waals surface area contributed by atoms with Gasteiger partial charge in [0.15, 0.2) is 10.6 Å². The van der Waals surface area contributed by atoms with Gasteiger partial charge in [-0.25, -0.2) is 4.98 Å². The van der Waals surface area contributed by atoms with Crippen molar-refractivity contribution < 1.29 is 0 Å². The molecule has 0 fully saturated rings. The number of aromatic amines is 1. The van der Waals surface area contributed by atoms with Gasteiger partial charge in [-0.15, -0.1) is 12.4 Å². The maximum Gasteiger partial charge on any atom is 0.195 e. The van der Waals surface area contributed by atoms with Gasteiger partial charge < -0.3 is 4.57 Å². The Morgan fingerprint density at radius 1 is 1.43 bits per heavy atom. The van der Waals surface area contributed by atoms with Gasteiger partial charge in [-0.05, 0) is 12.2 Å². The second-order valence-electron chi connectivity index (χ2n) is 2.50. The monoisotopic (exact) mass is 229 g/mol. The number of H-pyrrole nitrogens is 1. The van der Waals surface area contributed by atoms with E-state index in [-0.39, 0.29) is 12.4 Å². The summed E-state index contributed by atoms with van der Waals surface area (Å²) in [5.41, 5.74) is 0.706. The van der Waals surface area contributed by atoms with Crippen molar-refractivity contribution >= 4 is 24.6 Å². The fourth-order valence-electron chi connectivity index (χ4n) is 0.991. The van der Waals surface area contributed by atoms with Crippen LogP contribution in [0, 0.1) is 4.77 Å². The predicted molar refractivity (Wildman–Crippen MR) is 56.7 cm³/mol. The van der Waals surface area contributed by atoms with Crippen molar-refractivity contribution in [3.63, 3.8) is 0 Å². The van der Waals surface area contributed by atoms with Crippen LogP contribution in [0.4, 0.5) is 0 Å². The van der Waals surface area contributed by atoms with Crippen molar-refractivity contribution in [1.29, 1.82) is 0 Å². The molecule has 0 aliphatic rings. The average Bonchev–Trinajstić information content (AvgIpc) is 2.49. The summed E-state index contributed by atoms with van der Waals surface area (Å²) in [5.74, 6) is 0.693. The second kappa shape index (κ2) is 4.30. The van der Waals surface area contributed by atoms with Crippen molar-refractivity contribution in [2.45, 2.75) is 0 Å². The molecule has 5 nitrogen and oxygen atoms in total. The molecule has 0 aromatic carbocycles. The number of nitrogens with one attached hydrogen (secondary N) is 1. The van der Waals surface area contributed by atoms with Crippen molar-refractivity contribution in [2.75, 3.05) is 0 Å². The van der Waals surface area contributed by atoms with Crippen molar-refractivity contribution in [3.8, 4) is 11.5 Å². The standard InChI is InChI=1S/C7H7N5S.ClH/c1-12-6(10-11-7(12)13)5-4-8-2-3-9-5;/h2-4H,1H3,(H,11,13);1H. The molecule has 0 saturated heterocycles. The third-order valence-electron chi connectivity index (χ3n) is 1.67. The van der Waals surface area contributed by atoms with Gasteiger partial charge in [-0.2, -0.15) is 5.10 Å². The maximum absolute atomic E-state index is 4.97. The van der Waals surface area contributed by atoms with E-state index in [0.717, 1.165) is 0 Å². The van der Waals surface area contributed by atoms with Crippen LogP contribution in [0.1, 0.15) is 0 Å². The topological polar surface area (TPSA) is 59.4 Å². The Hall–Kier alpha value is -1.27. The number of halogens is 1. The summed E-state index contributed by atoms with van der Waals surface area (Å²) >= 11 is 4.97. The summed E-state index contributed by atoms with van der Waals surface area (Å²) in [7, 11) is 1.83. The Morgan fingerprint density at radius 3 is 2.71 bits per heavy atom. The van der Waals surface area contributed by atoms with E-state index in [1.807, 2.05) is 7.05 Å². The second-order valence-corrected chi connectivity index (χ2v) is 2.89. The van der Waals surface area contributed by atoms with E-state index in [9.17, 15) is 0 Å². The van der Waals surface area contributed by atoms with Crippen LogP contribution in [0.2, 0.25) is 0 Å². The van der Waals surface area contributed by atoms with Crippen LogP contribution in [0.3, 0.4) is 0 Å². The first-order valence-corrected chi connectivity index (χ1v) is 4.07. The molecule has 0 spiro atoms. The number of nitrogens with zero attached hydrogens (tertiary/aromatic N) is 4. The minimum absolute atomic E-state index is 0. The summed E-state index contributed by atoms with van der Waals surface area (Å²) in [6.45, 7) is 0. The molecule has 2 aromatic rings. The lowest BCUT2D eigenvalue weighted by atomic mass is 10.4. The molecule has 0 saturated carbocycles. The van der Waals surface area contributed by atoms with E-state index < -0.39 is 0 Å². The quantitative estimate of drug-likeness (QED) is 0.751.